The van der Waals surface area contributed by atoms with Crippen molar-refractivity contribution >= 4 is 41.1 Å². The van der Waals surface area contributed by atoms with Crippen LogP contribution >= 0.6 is 23.1 Å². The third-order valence-electron chi connectivity index (χ3n) is 8.42. The zero-order valence-electron chi connectivity index (χ0n) is 27.6. The number of rotatable bonds is 17. The molecule has 10 nitrogen and oxygen atoms in total. The van der Waals surface area contributed by atoms with Gasteiger partial charge in [-0.2, -0.15) is 0 Å². The quantitative estimate of drug-likeness (QED) is 0.141. The van der Waals surface area contributed by atoms with Crippen LogP contribution in [0.1, 0.15) is 56.4 Å². The zero-order chi connectivity index (χ0) is 33.7. The van der Waals surface area contributed by atoms with Crippen LogP contribution in [0.4, 0.5) is 9.59 Å². The Morgan fingerprint density at radius 2 is 1.58 bits per heavy atom. The lowest BCUT2D eigenvalue weighted by atomic mass is 9.95. The molecule has 0 radical (unpaired) electrons. The van der Waals surface area contributed by atoms with Crippen LogP contribution < -0.4 is 21.3 Å². The predicted octanol–water partition coefficient (Wildman–Crippen LogP) is 5.82. The van der Waals surface area contributed by atoms with Crippen LogP contribution in [-0.4, -0.2) is 64.6 Å². The topological polar surface area (TPSA) is 125 Å². The number of amides is 4. The van der Waals surface area contributed by atoms with E-state index in [9.17, 15) is 14.4 Å². The lowest BCUT2D eigenvalue weighted by molar-refractivity contribution is -0.124. The zero-order valence-corrected chi connectivity index (χ0v) is 29.2. The van der Waals surface area contributed by atoms with Crippen LogP contribution in [0.2, 0.25) is 0 Å². The molecule has 5 rings (SSSR count). The second-order valence-electron chi connectivity index (χ2n) is 12.7. The molecule has 2 aromatic carbocycles. The number of urea groups is 1. The molecule has 1 saturated carbocycles. The van der Waals surface area contributed by atoms with Gasteiger partial charge in [0, 0.05) is 34.6 Å². The van der Waals surface area contributed by atoms with Gasteiger partial charge in [-0.3, -0.25) is 4.79 Å². The molecule has 12 heteroatoms. The Balaban J connectivity index is 1.25. The van der Waals surface area contributed by atoms with Crippen LogP contribution in [-0.2, 0) is 28.9 Å². The highest BCUT2D eigenvalue weighted by atomic mass is 32.2. The van der Waals surface area contributed by atoms with Crippen molar-refractivity contribution in [1.82, 2.24) is 31.2 Å². The minimum absolute atomic E-state index is 0.128. The maximum atomic E-state index is 13.9. The number of ether oxygens (including phenoxy) is 1. The second-order valence-corrected chi connectivity index (χ2v) is 14.5. The number of hydrogen-bond donors (Lipinski definition) is 4. The first-order valence-electron chi connectivity index (χ1n) is 16.6. The molecule has 4 N–H and O–H groups in total. The van der Waals surface area contributed by atoms with Crippen molar-refractivity contribution in [1.29, 1.82) is 0 Å². The first-order valence-corrected chi connectivity index (χ1v) is 18.6. The minimum atomic E-state index is -0.710. The molecule has 256 valence electrons. The molecular weight excluding hydrogens is 645 g/mol. The third kappa shape index (κ3) is 11.3. The summed E-state index contributed by atoms with van der Waals surface area (Å²) in [5, 5.41) is 14.5. The summed E-state index contributed by atoms with van der Waals surface area (Å²) < 4.78 is 5.53. The van der Waals surface area contributed by atoms with Gasteiger partial charge in [-0.05, 0) is 55.6 Å². The molecule has 3 atom stereocenters. The van der Waals surface area contributed by atoms with Crippen LogP contribution in [0, 0.1) is 5.92 Å². The Morgan fingerprint density at radius 3 is 2.12 bits per heavy atom. The van der Waals surface area contributed by atoms with Crippen molar-refractivity contribution < 1.29 is 19.1 Å². The molecule has 48 heavy (non-hydrogen) atoms. The molecule has 2 aliphatic rings. The first kappa shape index (κ1) is 35.3. The number of nitrogens with zero attached hydrogens (tertiary/aromatic N) is 2. The van der Waals surface area contributed by atoms with Gasteiger partial charge < -0.3 is 30.9 Å². The first-order chi connectivity index (χ1) is 23.3. The summed E-state index contributed by atoms with van der Waals surface area (Å²) in [5.74, 6) is 0.432. The van der Waals surface area contributed by atoms with Gasteiger partial charge in [0.1, 0.15) is 12.6 Å². The van der Waals surface area contributed by atoms with Crippen molar-refractivity contribution in [3.8, 4) is 0 Å². The van der Waals surface area contributed by atoms with Gasteiger partial charge in [0.15, 0.2) is 0 Å². The largest absolute Gasteiger partial charge is 0.444 e. The fourth-order valence-electron chi connectivity index (χ4n) is 5.69. The summed E-state index contributed by atoms with van der Waals surface area (Å²) in [6.07, 6.45) is 5.78. The summed E-state index contributed by atoms with van der Waals surface area (Å²) in [6, 6.07) is 18.9. The average Bonchev–Trinajstić information content (AvgIpc) is 3.52. The number of hydrogen-bond acceptors (Lipinski definition) is 8. The number of benzene rings is 2. The molecule has 1 aromatic heterocycles. The van der Waals surface area contributed by atoms with E-state index in [0.29, 0.717) is 32.2 Å². The van der Waals surface area contributed by atoms with Crippen molar-refractivity contribution in [3.63, 3.8) is 0 Å². The van der Waals surface area contributed by atoms with E-state index in [1.54, 1.807) is 22.2 Å². The Hall–Kier alpha value is -4.03. The molecule has 0 bridgehead atoms. The van der Waals surface area contributed by atoms with Gasteiger partial charge in [0.25, 0.3) is 0 Å². The van der Waals surface area contributed by atoms with Crippen molar-refractivity contribution in [2.75, 3.05) is 12.5 Å². The number of thioether (sulfide) groups is 1. The molecule has 1 aliphatic carbocycles. The molecule has 1 aliphatic heterocycles. The maximum absolute atomic E-state index is 13.9. The van der Waals surface area contributed by atoms with Gasteiger partial charge in [-0.25, -0.2) is 14.6 Å². The third-order valence-corrected chi connectivity index (χ3v) is 9.98. The normalized spacial score (nSPS) is 15.9. The number of alkyl carbamates (subject to hydrolysis) is 1. The van der Waals surface area contributed by atoms with E-state index in [2.05, 4.69) is 38.4 Å². The number of thiazole rings is 1. The van der Waals surface area contributed by atoms with Gasteiger partial charge >= 0.3 is 12.1 Å². The van der Waals surface area contributed by atoms with E-state index in [-0.39, 0.29) is 42.6 Å². The average molecular weight is 691 g/mol. The van der Waals surface area contributed by atoms with Crippen molar-refractivity contribution in [2.45, 2.75) is 83.1 Å². The highest BCUT2D eigenvalue weighted by molar-refractivity contribution is 8.03. The Morgan fingerprint density at radius 1 is 0.938 bits per heavy atom. The lowest BCUT2D eigenvalue weighted by Crippen LogP contribution is -2.55. The number of carbonyl (C=O) groups is 3. The van der Waals surface area contributed by atoms with E-state index < -0.39 is 12.1 Å². The van der Waals surface area contributed by atoms with Crippen molar-refractivity contribution in [2.24, 2.45) is 5.92 Å². The monoisotopic (exact) mass is 690 g/mol. The SMILES string of the molecule is CC(C)[C@H](NC(=O)N(Cc1cscn1)C1CC1)C(=O)N[C@H](CC[C@H](Cc1ccccc1)NC(=O)OCC1=CNCS1)Cc1ccccc1. The van der Waals surface area contributed by atoms with Crippen LogP contribution in [0.15, 0.2) is 82.7 Å². The summed E-state index contributed by atoms with van der Waals surface area (Å²) in [6.45, 7) is 4.54. The van der Waals surface area contributed by atoms with Gasteiger partial charge in [-0.15, -0.1) is 23.1 Å². The highest BCUT2D eigenvalue weighted by Crippen LogP contribution is 2.28. The molecule has 0 spiro atoms. The smallest absolute Gasteiger partial charge is 0.407 e. The minimum Gasteiger partial charge on any atom is -0.444 e. The van der Waals surface area contributed by atoms with Crippen molar-refractivity contribution in [3.05, 3.63) is 99.5 Å². The Kier molecular flexibility index (Phi) is 13.2. The Bertz CT molecular complexity index is 1480. The van der Waals surface area contributed by atoms with E-state index in [1.165, 1.54) is 11.3 Å². The fourth-order valence-corrected chi connectivity index (χ4v) is 6.91. The van der Waals surface area contributed by atoms with E-state index >= 15 is 0 Å². The summed E-state index contributed by atoms with van der Waals surface area (Å²) >= 11 is 3.12. The van der Waals surface area contributed by atoms with E-state index in [4.69, 9.17) is 4.74 Å². The number of carbonyl (C=O) groups excluding carboxylic acids is 3. The summed E-state index contributed by atoms with van der Waals surface area (Å²) in [7, 11) is 0. The second kappa shape index (κ2) is 17.9. The summed E-state index contributed by atoms with van der Waals surface area (Å²) in [4.78, 5) is 47.5. The molecule has 2 heterocycles. The van der Waals surface area contributed by atoms with Gasteiger partial charge in [-0.1, -0.05) is 74.5 Å². The molecule has 0 saturated heterocycles. The maximum Gasteiger partial charge on any atom is 0.407 e. The molecule has 3 aromatic rings. The Labute approximate surface area is 291 Å². The molecule has 0 unspecified atom stereocenters. The van der Waals surface area contributed by atoms with Crippen LogP contribution in [0.5, 0.6) is 0 Å². The molecule has 4 amide bonds. The van der Waals surface area contributed by atoms with Crippen LogP contribution in [0.3, 0.4) is 0 Å². The predicted molar refractivity (Wildman–Crippen MR) is 191 cm³/mol. The highest BCUT2D eigenvalue weighted by Gasteiger charge is 2.36. The van der Waals surface area contributed by atoms with Crippen LogP contribution in [0.25, 0.3) is 0 Å². The summed E-state index contributed by atoms with van der Waals surface area (Å²) in [5.41, 5.74) is 4.82. The van der Waals surface area contributed by atoms with E-state index in [1.807, 2.05) is 74.0 Å². The molecular formula is C36H46N6O4S2. The fraction of sp³-hybridized carbons (Fsp3) is 0.444. The van der Waals surface area contributed by atoms with Gasteiger partial charge in [0.2, 0.25) is 5.91 Å². The molecule has 1 fully saturated rings. The number of aromatic nitrogens is 1. The number of nitrogens with one attached hydrogen (secondary N) is 4. The standard InChI is InChI=1S/C36H46N6O4S2/c1-25(2)33(41-35(44)42(31-15-16-31)20-30-22-47-24-38-30)34(43)39-28(17-26-9-5-3-6-10-26)13-14-29(18-27-11-7-4-8-12-27)40-36(45)46-21-32-19-37-23-48-32/h3-12,19,22,24-25,28-29,31,33,37H,13-18,20-21,23H2,1-2H3,(H,39,43)(H,40,45)(H,41,44)/t28-,29-,33+/m1/s1. The van der Waals surface area contributed by atoms with Gasteiger partial charge in [0.05, 0.1) is 23.6 Å². The lowest BCUT2D eigenvalue weighted by Gasteiger charge is -2.29. The van der Waals surface area contributed by atoms with E-state index in [0.717, 1.165) is 40.4 Å².